The summed E-state index contributed by atoms with van der Waals surface area (Å²) in [5.74, 6) is -1.09. The smallest absolute Gasteiger partial charge is 0.313 e. The summed E-state index contributed by atoms with van der Waals surface area (Å²) in [7, 11) is 0. The van der Waals surface area contributed by atoms with E-state index in [1.165, 1.54) is 0 Å². The van der Waals surface area contributed by atoms with Crippen LogP contribution in [-0.2, 0) is 14.3 Å². The molecule has 0 saturated carbocycles. The van der Waals surface area contributed by atoms with E-state index in [4.69, 9.17) is 4.74 Å². The molecule has 0 radical (unpaired) electrons. The van der Waals surface area contributed by atoms with Crippen LogP contribution >= 0.6 is 15.9 Å². The minimum Gasteiger partial charge on any atom is -0.455 e. The van der Waals surface area contributed by atoms with Gasteiger partial charge in [0.2, 0.25) is 0 Å². The highest BCUT2D eigenvalue weighted by molar-refractivity contribution is 9.10. The van der Waals surface area contributed by atoms with Crippen molar-refractivity contribution in [2.45, 2.75) is 26.2 Å². The van der Waals surface area contributed by atoms with Gasteiger partial charge in [-0.05, 0) is 42.7 Å². The van der Waals surface area contributed by atoms with Gasteiger partial charge in [0.1, 0.15) is 0 Å². The van der Waals surface area contributed by atoms with Crippen LogP contribution in [0.3, 0.4) is 0 Å². The molecule has 1 amide bonds. The number of aryl methyl sites for hydroxylation is 1. The van der Waals surface area contributed by atoms with E-state index in [2.05, 4.69) is 21.2 Å². The highest BCUT2D eigenvalue weighted by Gasteiger charge is 2.21. The van der Waals surface area contributed by atoms with Crippen LogP contribution < -0.4 is 5.32 Å². The van der Waals surface area contributed by atoms with E-state index in [0.29, 0.717) is 12.1 Å². The first-order valence-corrected chi connectivity index (χ1v) is 8.58. The zero-order valence-corrected chi connectivity index (χ0v) is 15.3. The van der Waals surface area contributed by atoms with Crippen molar-refractivity contribution < 1.29 is 14.3 Å². The van der Waals surface area contributed by atoms with Crippen molar-refractivity contribution in [3.8, 4) is 0 Å². The first-order chi connectivity index (χ1) is 11.5. The first-order valence-electron chi connectivity index (χ1n) is 7.79. The molecule has 0 saturated heterocycles. The van der Waals surface area contributed by atoms with Crippen LogP contribution in [0.25, 0.3) is 0 Å². The van der Waals surface area contributed by atoms with Gasteiger partial charge in [-0.15, -0.1) is 0 Å². The number of benzene rings is 2. The zero-order chi connectivity index (χ0) is 17.5. The Bertz CT molecular complexity index is 716. The van der Waals surface area contributed by atoms with Gasteiger partial charge in [-0.25, -0.2) is 0 Å². The maximum atomic E-state index is 12.2. The lowest BCUT2D eigenvalue weighted by molar-refractivity contribution is -0.149. The van der Waals surface area contributed by atoms with Gasteiger partial charge in [0, 0.05) is 10.2 Å². The fourth-order valence-electron chi connectivity index (χ4n) is 2.41. The lowest BCUT2D eigenvalue weighted by Crippen LogP contribution is -2.24. The van der Waals surface area contributed by atoms with E-state index in [1.807, 2.05) is 56.3 Å². The van der Waals surface area contributed by atoms with E-state index < -0.39 is 0 Å². The second-order valence-electron chi connectivity index (χ2n) is 5.49. The highest BCUT2D eigenvalue weighted by atomic mass is 79.9. The molecular formula is C19H20BrNO3. The van der Waals surface area contributed by atoms with Gasteiger partial charge in [-0.3, -0.25) is 9.59 Å². The molecule has 4 nitrogen and oxygen atoms in total. The second kappa shape index (κ2) is 8.64. The van der Waals surface area contributed by atoms with E-state index >= 15 is 0 Å². The quantitative estimate of drug-likeness (QED) is 0.743. The number of nitrogens with one attached hydrogen (secondary N) is 1. The third-order valence-corrected chi connectivity index (χ3v) is 4.20. The lowest BCUT2D eigenvalue weighted by Gasteiger charge is -2.15. The Balaban J connectivity index is 1.92. The van der Waals surface area contributed by atoms with Gasteiger partial charge in [0.15, 0.2) is 6.61 Å². The van der Waals surface area contributed by atoms with Crippen molar-refractivity contribution in [1.82, 2.24) is 0 Å². The van der Waals surface area contributed by atoms with Gasteiger partial charge < -0.3 is 10.1 Å². The summed E-state index contributed by atoms with van der Waals surface area (Å²) in [6.45, 7) is 3.52. The Labute approximate surface area is 150 Å². The summed E-state index contributed by atoms with van der Waals surface area (Å²) in [6, 6.07) is 15.0. The molecule has 0 aliphatic heterocycles. The fourth-order valence-corrected chi connectivity index (χ4v) is 2.89. The van der Waals surface area contributed by atoms with Crippen molar-refractivity contribution in [1.29, 1.82) is 0 Å². The Kier molecular flexibility index (Phi) is 6.55. The molecule has 5 heteroatoms. The van der Waals surface area contributed by atoms with Crippen LogP contribution in [0, 0.1) is 6.92 Å². The fraction of sp³-hybridized carbons (Fsp3) is 0.263. The Morgan fingerprint density at radius 1 is 1.17 bits per heavy atom. The molecule has 0 heterocycles. The van der Waals surface area contributed by atoms with Crippen molar-refractivity contribution in [2.75, 3.05) is 11.9 Å². The van der Waals surface area contributed by atoms with E-state index in [9.17, 15) is 9.59 Å². The largest absolute Gasteiger partial charge is 0.455 e. The van der Waals surface area contributed by atoms with Gasteiger partial charge in [-0.2, -0.15) is 0 Å². The summed E-state index contributed by atoms with van der Waals surface area (Å²) in [5.41, 5.74) is 2.53. The maximum Gasteiger partial charge on any atom is 0.313 e. The second-order valence-corrected chi connectivity index (χ2v) is 6.40. The van der Waals surface area contributed by atoms with Gasteiger partial charge >= 0.3 is 5.97 Å². The van der Waals surface area contributed by atoms with E-state index in [1.54, 1.807) is 6.07 Å². The van der Waals surface area contributed by atoms with Crippen molar-refractivity contribution in [3.05, 3.63) is 64.1 Å². The molecule has 2 rings (SSSR count). The molecule has 2 aromatic carbocycles. The predicted octanol–water partition coefficient (Wildman–Crippen LogP) is 4.43. The molecule has 0 aliphatic rings. The molecule has 1 N–H and O–H groups in total. The van der Waals surface area contributed by atoms with Crippen LogP contribution in [0.4, 0.5) is 5.69 Å². The van der Waals surface area contributed by atoms with Gasteiger partial charge in [0.25, 0.3) is 5.91 Å². The van der Waals surface area contributed by atoms with Crippen LogP contribution in [0.15, 0.2) is 53.0 Å². The molecule has 0 aromatic heterocycles. The van der Waals surface area contributed by atoms with E-state index in [0.717, 1.165) is 15.6 Å². The number of rotatable bonds is 6. The topological polar surface area (TPSA) is 55.4 Å². The molecule has 0 aliphatic carbocycles. The normalized spacial score (nSPS) is 11.6. The highest BCUT2D eigenvalue weighted by Crippen LogP contribution is 2.21. The molecule has 126 valence electrons. The number of amides is 1. The van der Waals surface area contributed by atoms with E-state index in [-0.39, 0.29) is 24.4 Å². The number of ether oxygens (including phenoxy) is 1. The van der Waals surface area contributed by atoms with Gasteiger partial charge in [-0.1, -0.05) is 53.2 Å². The number of hydrogen-bond acceptors (Lipinski definition) is 3. The average Bonchev–Trinajstić information content (AvgIpc) is 2.57. The number of hydrogen-bond donors (Lipinski definition) is 1. The zero-order valence-electron chi connectivity index (χ0n) is 13.7. The molecule has 2 aromatic rings. The molecular weight excluding hydrogens is 370 g/mol. The number of esters is 1. The monoisotopic (exact) mass is 389 g/mol. The molecule has 0 unspecified atom stereocenters. The summed E-state index contributed by atoms with van der Waals surface area (Å²) in [4.78, 5) is 24.2. The summed E-state index contributed by atoms with van der Waals surface area (Å²) >= 11 is 3.38. The maximum absolute atomic E-state index is 12.2. The number of carbonyl (C=O) groups is 2. The minimum atomic E-state index is -0.383. The Morgan fingerprint density at radius 3 is 2.50 bits per heavy atom. The molecule has 24 heavy (non-hydrogen) atoms. The Hall–Kier alpha value is -2.14. The molecule has 0 bridgehead atoms. The van der Waals surface area contributed by atoms with Crippen molar-refractivity contribution >= 4 is 33.5 Å². The molecule has 1 atom stereocenters. The summed E-state index contributed by atoms with van der Waals surface area (Å²) < 4.78 is 6.13. The van der Waals surface area contributed by atoms with Crippen LogP contribution in [0.1, 0.15) is 30.4 Å². The molecule has 0 fully saturated rings. The average molecular weight is 390 g/mol. The van der Waals surface area contributed by atoms with Crippen LogP contribution in [0.2, 0.25) is 0 Å². The number of halogens is 1. The number of anilines is 1. The predicted molar refractivity (Wildman–Crippen MR) is 97.9 cm³/mol. The molecule has 0 spiro atoms. The summed E-state index contributed by atoms with van der Waals surface area (Å²) in [5, 5.41) is 2.75. The third-order valence-electron chi connectivity index (χ3n) is 3.70. The van der Waals surface area contributed by atoms with Crippen LogP contribution in [0.5, 0.6) is 0 Å². The third kappa shape index (κ3) is 4.93. The lowest BCUT2D eigenvalue weighted by atomic mass is 9.97. The standard InChI is InChI=1S/C19H20BrNO3/c1-3-16(14-7-5-4-6-8-14)19(23)24-12-18(22)21-17-10-9-15(20)11-13(17)2/h4-11,16H,3,12H2,1-2H3,(H,21,22)/t16-/m1/s1. The number of carbonyl (C=O) groups excluding carboxylic acids is 2. The van der Waals surface area contributed by atoms with Crippen LogP contribution in [-0.4, -0.2) is 18.5 Å². The van der Waals surface area contributed by atoms with Gasteiger partial charge in [0.05, 0.1) is 5.92 Å². The summed E-state index contributed by atoms with van der Waals surface area (Å²) in [6.07, 6.45) is 0.621. The Morgan fingerprint density at radius 2 is 1.88 bits per heavy atom. The SMILES string of the molecule is CC[C@@H](C(=O)OCC(=O)Nc1ccc(Br)cc1C)c1ccccc1. The first kappa shape index (κ1) is 18.2. The van der Waals surface area contributed by atoms with Crippen molar-refractivity contribution in [3.63, 3.8) is 0 Å². The van der Waals surface area contributed by atoms with Crippen molar-refractivity contribution in [2.24, 2.45) is 0 Å². The minimum absolute atomic E-state index is 0.294.